The van der Waals surface area contributed by atoms with Crippen molar-refractivity contribution >= 4 is 11.7 Å². The molecule has 88 valence electrons. The molecule has 0 amide bonds. The first-order chi connectivity index (χ1) is 7.65. The van der Waals surface area contributed by atoms with Gasteiger partial charge in [-0.2, -0.15) is 0 Å². The van der Waals surface area contributed by atoms with Crippen molar-refractivity contribution in [3.63, 3.8) is 0 Å². The topological polar surface area (TPSA) is 58.6 Å². The number of carboxylic acids is 1. The summed E-state index contributed by atoms with van der Waals surface area (Å²) in [5.74, 6) is -0.918. The molecule has 0 aliphatic heterocycles. The smallest absolute Gasteiger partial charge is 0.337 e. The number of aryl methyl sites for hydroxylation is 1. The van der Waals surface area contributed by atoms with Gasteiger partial charge in [-0.3, -0.25) is 0 Å². The highest BCUT2D eigenvalue weighted by Crippen LogP contribution is 2.17. The number of nitrogens with one attached hydrogen (secondary N) is 1. The fraction of sp³-hybridized carbons (Fsp3) is 0.417. The summed E-state index contributed by atoms with van der Waals surface area (Å²) < 4.78 is 5.18. The molecule has 0 heterocycles. The second kappa shape index (κ2) is 6.12. The minimum Gasteiger partial charge on any atom is -0.478 e. The fourth-order valence-electron chi connectivity index (χ4n) is 1.39. The van der Waals surface area contributed by atoms with Crippen LogP contribution in [0.25, 0.3) is 0 Å². The molecule has 4 heteroatoms. The summed E-state index contributed by atoms with van der Waals surface area (Å²) >= 11 is 0. The van der Waals surface area contributed by atoms with Crippen molar-refractivity contribution in [2.45, 2.75) is 13.8 Å². The Hall–Kier alpha value is -1.55. The molecule has 4 nitrogen and oxygen atoms in total. The quantitative estimate of drug-likeness (QED) is 0.725. The molecular formula is C12H17NO3. The van der Waals surface area contributed by atoms with Crippen LogP contribution in [-0.2, 0) is 4.74 Å². The average Bonchev–Trinajstić information content (AvgIpc) is 2.24. The van der Waals surface area contributed by atoms with Crippen LogP contribution in [0.1, 0.15) is 22.8 Å². The summed E-state index contributed by atoms with van der Waals surface area (Å²) in [7, 11) is 0. The zero-order valence-electron chi connectivity index (χ0n) is 9.62. The van der Waals surface area contributed by atoms with Gasteiger partial charge in [-0.25, -0.2) is 4.79 Å². The fourth-order valence-corrected chi connectivity index (χ4v) is 1.39. The van der Waals surface area contributed by atoms with E-state index in [9.17, 15) is 4.79 Å². The molecule has 0 aromatic heterocycles. The van der Waals surface area contributed by atoms with Crippen LogP contribution in [0, 0.1) is 6.92 Å². The number of hydrogen-bond acceptors (Lipinski definition) is 3. The van der Waals surface area contributed by atoms with E-state index >= 15 is 0 Å². The van der Waals surface area contributed by atoms with Gasteiger partial charge in [0.05, 0.1) is 12.2 Å². The SMILES string of the molecule is CCOCCNc1cc(C)ccc1C(=O)O. The second-order valence-corrected chi connectivity index (χ2v) is 3.48. The lowest BCUT2D eigenvalue weighted by molar-refractivity contribution is 0.0698. The van der Waals surface area contributed by atoms with Gasteiger partial charge in [0, 0.05) is 18.8 Å². The zero-order valence-corrected chi connectivity index (χ0v) is 9.62. The Bertz CT molecular complexity index is 363. The monoisotopic (exact) mass is 223 g/mol. The van der Waals surface area contributed by atoms with Crippen molar-refractivity contribution in [2.75, 3.05) is 25.1 Å². The molecule has 0 saturated carbocycles. The van der Waals surface area contributed by atoms with Gasteiger partial charge in [-0.15, -0.1) is 0 Å². The highest BCUT2D eigenvalue weighted by atomic mass is 16.5. The number of carboxylic acid groups (broad SMARTS) is 1. The lowest BCUT2D eigenvalue weighted by atomic mass is 10.1. The zero-order chi connectivity index (χ0) is 12.0. The highest BCUT2D eigenvalue weighted by Gasteiger charge is 2.08. The standard InChI is InChI=1S/C12H17NO3/c1-3-16-7-6-13-11-8-9(2)4-5-10(11)12(14)15/h4-5,8,13H,3,6-7H2,1-2H3,(H,14,15). The molecule has 0 radical (unpaired) electrons. The van der Waals surface area contributed by atoms with Crippen LogP contribution in [0.3, 0.4) is 0 Å². The third-order valence-electron chi connectivity index (χ3n) is 2.17. The third kappa shape index (κ3) is 3.55. The van der Waals surface area contributed by atoms with Crippen molar-refractivity contribution < 1.29 is 14.6 Å². The van der Waals surface area contributed by atoms with Crippen LogP contribution >= 0.6 is 0 Å². The molecule has 0 saturated heterocycles. The van der Waals surface area contributed by atoms with E-state index in [1.807, 2.05) is 19.9 Å². The molecular weight excluding hydrogens is 206 g/mol. The van der Waals surface area contributed by atoms with Crippen LogP contribution in [0.2, 0.25) is 0 Å². The van der Waals surface area contributed by atoms with Crippen LogP contribution in [-0.4, -0.2) is 30.8 Å². The number of carbonyl (C=O) groups is 1. The van der Waals surface area contributed by atoms with E-state index in [0.717, 1.165) is 5.56 Å². The van der Waals surface area contributed by atoms with E-state index in [1.165, 1.54) is 0 Å². The Morgan fingerprint density at radius 2 is 2.25 bits per heavy atom. The number of aromatic carboxylic acids is 1. The predicted molar refractivity (Wildman–Crippen MR) is 63.1 cm³/mol. The summed E-state index contributed by atoms with van der Waals surface area (Å²) in [5.41, 5.74) is 1.97. The van der Waals surface area contributed by atoms with Gasteiger partial charge in [-0.05, 0) is 31.5 Å². The molecule has 16 heavy (non-hydrogen) atoms. The molecule has 1 aromatic carbocycles. The van der Waals surface area contributed by atoms with Crippen molar-refractivity contribution in [3.05, 3.63) is 29.3 Å². The first kappa shape index (κ1) is 12.5. The number of hydrogen-bond donors (Lipinski definition) is 2. The molecule has 2 N–H and O–H groups in total. The van der Waals surface area contributed by atoms with Gasteiger partial charge in [0.25, 0.3) is 0 Å². The first-order valence-electron chi connectivity index (χ1n) is 5.30. The molecule has 0 spiro atoms. The van der Waals surface area contributed by atoms with Crippen molar-refractivity contribution in [2.24, 2.45) is 0 Å². The maximum atomic E-state index is 11.0. The van der Waals surface area contributed by atoms with Crippen molar-refractivity contribution in [1.82, 2.24) is 0 Å². The third-order valence-corrected chi connectivity index (χ3v) is 2.17. The normalized spacial score (nSPS) is 10.1. The number of benzene rings is 1. The van der Waals surface area contributed by atoms with Gasteiger partial charge in [-0.1, -0.05) is 6.07 Å². The molecule has 0 aliphatic rings. The Labute approximate surface area is 95.2 Å². The Balaban J connectivity index is 2.68. The van der Waals surface area contributed by atoms with E-state index in [-0.39, 0.29) is 0 Å². The van der Waals surface area contributed by atoms with E-state index in [1.54, 1.807) is 12.1 Å². The summed E-state index contributed by atoms with van der Waals surface area (Å²) in [4.78, 5) is 11.0. The minimum absolute atomic E-state index is 0.294. The summed E-state index contributed by atoms with van der Waals surface area (Å²) in [6, 6.07) is 5.23. The molecule has 0 atom stereocenters. The van der Waals surface area contributed by atoms with E-state index < -0.39 is 5.97 Å². The molecule has 1 aromatic rings. The summed E-state index contributed by atoms with van der Waals surface area (Å²) in [5, 5.41) is 12.1. The summed E-state index contributed by atoms with van der Waals surface area (Å²) in [6.07, 6.45) is 0. The average molecular weight is 223 g/mol. The van der Waals surface area contributed by atoms with Crippen LogP contribution in [0.5, 0.6) is 0 Å². The van der Waals surface area contributed by atoms with Crippen LogP contribution in [0.15, 0.2) is 18.2 Å². The van der Waals surface area contributed by atoms with Gasteiger partial charge in [0.15, 0.2) is 0 Å². The molecule has 0 unspecified atom stereocenters. The molecule has 0 aliphatic carbocycles. The van der Waals surface area contributed by atoms with Gasteiger partial charge in [0.2, 0.25) is 0 Å². The van der Waals surface area contributed by atoms with Crippen molar-refractivity contribution in [1.29, 1.82) is 0 Å². The van der Waals surface area contributed by atoms with Crippen LogP contribution in [0.4, 0.5) is 5.69 Å². The minimum atomic E-state index is -0.918. The summed E-state index contributed by atoms with van der Waals surface area (Å²) in [6.45, 7) is 5.71. The predicted octanol–water partition coefficient (Wildman–Crippen LogP) is 2.14. The Morgan fingerprint density at radius 3 is 2.88 bits per heavy atom. The van der Waals surface area contributed by atoms with E-state index in [4.69, 9.17) is 9.84 Å². The molecule has 1 rings (SSSR count). The van der Waals surface area contributed by atoms with Crippen molar-refractivity contribution in [3.8, 4) is 0 Å². The van der Waals surface area contributed by atoms with E-state index in [2.05, 4.69) is 5.32 Å². The first-order valence-corrected chi connectivity index (χ1v) is 5.30. The maximum Gasteiger partial charge on any atom is 0.337 e. The second-order valence-electron chi connectivity index (χ2n) is 3.48. The lowest BCUT2D eigenvalue weighted by Crippen LogP contribution is -2.12. The Morgan fingerprint density at radius 1 is 1.50 bits per heavy atom. The number of rotatable bonds is 6. The van der Waals surface area contributed by atoms with Gasteiger partial charge < -0.3 is 15.2 Å². The lowest BCUT2D eigenvalue weighted by Gasteiger charge is -2.10. The maximum absolute atomic E-state index is 11.0. The largest absolute Gasteiger partial charge is 0.478 e. The molecule has 0 bridgehead atoms. The van der Waals surface area contributed by atoms with Gasteiger partial charge in [0.1, 0.15) is 0 Å². The number of ether oxygens (including phenoxy) is 1. The van der Waals surface area contributed by atoms with Gasteiger partial charge >= 0.3 is 5.97 Å². The Kier molecular flexibility index (Phi) is 4.79. The molecule has 0 fully saturated rings. The van der Waals surface area contributed by atoms with Crippen LogP contribution < -0.4 is 5.32 Å². The highest BCUT2D eigenvalue weighted by molar-refractivity contribution is 5.94. The van der Waals surface area contributed by atoms with E-state index in [0.29, 0.717) is 31.0 Å². The number of anilines is 1.